The Morgan fingerprint density at radius 1 is 0.682 bits per heavy atom. The number of para-hydroxylation sites is 3. The monoisotopic (exact) mass is 577 g/mol. The number of fused-ring (bicyclic) bond motifs is 1. The van der Waals surface area contributed by atoms with Crippen molar-refractivity contribution in [3.63, 3.8) is 0 Å². The smallest absolute Gasteiger partial charge is 0.147 e. The molecule has 5 aromatic carbocycles. The number of phenolic OH excluding ortho intramolecular Hbond substituents is 1. The van der Waals surface area contributed by atoms with Gasteiger partial charge in [0.05, 0.1) is 16.7 Å². The van der Waals surface area contributed by atoms with Gasteiger partial charge in [-0.25, -0.2) is 4.98 Å². The van der Waals surface area contributed by atoms with Crippen molar-refractivity contribution >= 4 is 22.9 Å². The number of aromatic hydroxyl groups is 1. The lowest BCUT2D eigenvalue weighted by atomic mass is 9.79. The van der Waals surface area contributed by atoms with E-state index in [9.17, 15) is 5.11 Å². The van der Waals surface area contributed by atoms with E-state index < -0.39 is 0 Å². The number of imidazole rings is 1. The van der Waals surface area contributed by atoms with Crippen LogP contribution in [0.2, 0.25) is 0 Å². The van der Waals surface area contributed by atoms with Crippen LogP contribution in [0.5, 0.6) is 5.75 Å². The van der Waals surface area contributed by atoms with Gasteiger partial charge in [0.2, 0.25) is 0 Å². The summed E-state index contributed by atoms with van der Waals surface area (Å²) in [5.41, 5.74) is 9.36. The molecule has 0 saturated carbocycles. The average Bonchev–Trinajstić information content (AvgIpc) is 3.40. The minimum atomic E-state index is -0.219. The zero-order chi connectivity index (χ0) is 31.1. The zero-order valence-electron chi connectivity index (χ0n) is 26.3. The van der Waals surface area contributed by atoms with Gasteiger partial charge in [0.25, 0.3) is 0 Å². The quantitative estimate of drug-likeness (QED) is 0.207. The number of nitrogens with zero attached hydrogens (tertiary/aromatic N) is 3. The molecule has 0 bridgehead atoms. The predicted octanol–water partition coefficient (Wildman–Crippen LogP) is 10.4. The van der Waals surface area contributed by atoms with Gasteiger partial charge >= 0.3 is 0 Å². The third kappa shape index (κ3) is 5.56. The van der Waals surface area contributed by atoms with E-state index in [1.54, 1.807) is 6.21 Å². The fourth-order valence-corrected chi connectivity index (χ4v) is 5.64. The first-order valence-corrected chi connectivity index (χ1v) is 15.2. The lowest BCUT2D eigenvalue weighted by Gasteiger charge is -2.27. The van der Waals surface area contributed by atoms with E-state index in [0.717, 1.165) is 56.0 Å². The SMILES string of the molecule is CC(C)(C)c1cc(C=Nc2ccccc2-c2nc3c(-c4ccccc4)cccc3n2-c2ccccc2)c(O)c(C(C)(C)C)c1. The van der Waals surface area contributed by atoms with Gasteiger partial charge in [-0.1, -0.05) is 120 Å². The molecule has 44 heavy (non-hydrogen) atoms. The molecule has 6 aromatic rings. The summed E-state index contributed by atoms with van der Waals surface area (Å²) in [6.45, 7) is 13.0. The fraction of sp³-hybridized carbons (Fsp3) is 0.200. The van der Waals surface area contributed by atoms with Gasteiger partial charge in [-0.15, -0.1) is 0 Å². The van der Waals surface area contributed by atoms with Gasteiger partial charge in [-0.3, -0.25) is 9.56 Å². The van der Waals surface area contributed by atoms with Crippen LogP contribution in [0.3, 0.4) is 0 Å². The van der Waals surface area contributed by atoms with E-state index in [-0.39, 0.29) is 16.6 Å². The summed E-state index contributed by atoms with van der Waals surface area (Å²) < 4.78 is 2.21. The molecule has 0 saturated heterocycles. The van der Waals surface area contributed by atoms with E-state index in [2.05, 4.69) is 119 Å². The molecule has 0 amide bonds. The van der Waals surface area contributed by atoms with Gasteiger partial charge < -0.3 is 5.11 Å². The first-order valence-electron chi connectivity index (χ1n) is 15.2. The second kappa shape index (κ2) is 11.3. The maximum Gasteiger partial charge on any atom is 0.147 e. The zero-order valence-corrected chi connectivity index (χ0v) is 26.3. The minimum absolute atomic E-state index is 0.0782. The largest absolute Gasteiger partial charge is 0.507 e. The first kappa shape index (κ1) is 29.1. The van der Waals surface area contributed by atoms with Crippen LogP contribution in [0.15, 0.2) is 120 Å². The van der Waals surface area contributed by atoms with Gasteiger partial charge in [0, 0.05) is 34.2 Å². The molecule has 0 atom stereocenters. The molecule has 1 aromatic heterocycles. The van der Waals surface area contributed by atoms with E-state index >= 15 is 0 Å². The summed E-state index contributed by atoms with van der Waals surface area (Å²) in [5.74, 6) is 1.08. The fourth-order valence-electron chi connectivity index (χ4n) is 5.64. The Morgan fingerprint density at radius 3 is 2.00 bits per heavy atom. The molecule has 6 rings (SSSR count). The standard InChI is InChI=1S/C40H39N3O/c1-39(2,3)29-24-28(37(44)33(25-29)40(4,5)6)26-41-34-22-14-13-20-32(34)38-42-36-31(27-16-9-7-10-17-27)21-15-23-35(36)43(38)30-18-11-8-12-19-30/h7-26,44H,1-6H3. The van der Waals surface area contributed by atoms with Crippen molar-refractivity contribution in [3.8, 4) is 34.0 Å². The number of benzene rings is 5. The van der Waals surface area contributed by atoms with Crippen LogP contribution in [0, 0.1) is 0 Å². The van der Waals surface area contributed by atoms with E-state index in [4.69, 9.17) is 9.98 Å². The lowest BCUT2D eigenvalue weighted by Crippen LogP contribution is -2.17. The Labute approximate surface area is 260 Å². The van der Waals surface area contributed by atoms with Crippen molar-refractivity contribution < 1.29 is 5.11 Å². The highest BCUT2D eigenvalue weighted by atomic mass is 16.3. The molecule has 0 fully saturated rings. The molecule has 4 heteroatoms. The van der Waals surface area contributed by atoms with Crippen molar-refractivity contribution in [3.05, 3.63) is 132 Å². The Kier molecular flexibility index (Phi) is 7.46. The molecular formula is C40H39N3O. The number of aromatic nitrogens is 2. The molecule has 0 spiro atoms. The number of phenols is 1. The second-order valence-electron chi connectivity index (χ2n) is 13.4. The van der Waals surface area contributed by atoms with Crippen molar-refractivity contribution in [1.82, 2.24) is 9.55 Å². The van der Waals surface area contributed by atoms with Crippen LogP contribution in [0.25, 0.3) is 39.2 Å². The Balaban J connectivity index is 1.56. The first-order chi connectivity index (χ1) is 21.0. The van der Waals surface area contributed by atoms with Crippen molar-refractivity contribution in [2.45, 2.75) is 52.4 Å². The van der Waals surface area contributed by atoms with E-state index in [0.29, 0.717) is 5.56 Å². The molecule has 0 radical (unpaired) electrons. The maximum absolute atomic E-state index is 11.4. The Bertz CT molecular complexity index is 1970. The summed E-state index contributed by atoms with van der Waals surface area (Å²) in [6, 6.07) is 39.4. The summed E-state index contributed by atoms with van der Waals surface area (Å²) in [5, 5.41) is 11.4. The van der Waals surface area contributed by atoms with Gasteiger partial charge in [-0.2, -0.15) is 0 Å². The van der Waals surface area contributed by atoms with Crippen LogP contribution in [-0.4, -0.2) is 20.9 Å². The van der Waals surface area contributed by atoms with Crippen LogP contribution in [0.4, 0.5) is 5.69 Å². The highest BCUT2D eigenvalue weighted by molar-refractivity contribution is 5.97. The van der Waals surface area contributed by atoms with E-state index in [1.165, 1.54) is 0 Å². The maximum atomic E-state index is 11.4. The number of hydrogen-bond acceptors (Lipinski definition) is 3. The van der Waals surface area contributed by atoms with Crippen molar-refractivity contribution in [2.75, 3.05) is 0 Å². The van der Waals surface area contributed by atoms with Crippen LogP contribution in [-0.2, 0) is 10.8 Å². The molecule has 1 heterocycles. The molecule has 0 aliphatic carbocycles. The third-order valence-electron chi connectivity index (χ3n) is 8.09. The summed E-state index contributed by atoms with van der Waals surface area (Å²) >= 11 is 0. The average molecular weight is 578 g/mol. The molecule has 0 unspecified atom stereocenters. The van der Waals surface area contributed by atoms with Gasteiger partial charge in [0.1, 0.15) is 11.6 Å². The minimum Gasteiger partial charge on any atom is -0.507 e. The summed E-state index contributed by atoms with van der Waals surface area (Å²) in [6.07, 6.45) is 1.80. The second-order valence-corrected chi connectivity index (χ2v) is 13.4. The molecule has 0 aliphatic rings. The highest BCUT2D eigenvalue weighted by Gasteiger charge is 2.25. The highest BCUT2D eigenvalue weighted by Crippen LogP contribution is 2.39. The van der Waals surface area contributed by atoms with Crippen LogP contribution < -0.4 is 0 Å². The van der Waals surface area contributed by atoms with Gasteiger partial charge in [0.15, 0.2) is 0 Å². The molecular weight excluding hydrogens is 538 g/mol. The number of rotatable bonds is 5. The summed E-state index contributed by atoms with van der Waals surface area (Å²) in [7, 11) is 0. The topological polar surface area (TPSA) is 50.4 Å². The van der Waals surface area contributed by atoms with E-state index in [1.807, 2.05) is 42.5 Å². The Morgan fingerprint density at radius 2 is 1.32 bits per heavy atom. The lowest BCUT2D eigenvalue weighted by molar-refractivity contribution is 0.444. The normalized spacial score (nSPS) is 12.3. The summed E-state index contributed by atoms with van der Waals surface area (Å²) in [4.78, 5) is 10.3. The Hall–Kier alpha value is -4.96. The molecule has 220 valence electrons. The van der Waals surface area contributed by atoms with Crippen molar-refractivity contribution in [1.29, 1.82) is 0 Å². The van der Waals surface area contributed by atoms with Crippen LogP contribution in [0.1, 0.15) is 58.2 Å². The molecule has 1 N–H and O–H groups in total. The predicted molar refractivity (Wildman–Crippen MR) is 185 cm³/mol. The molecule has 0 aliphatic heterocycles. The van der Waals surface area contributed by atoms with Crippen molar-refractivity contribution in [2.24, 2.45) is 4.99 Å². The van der Waals surface area contributed by atoms with Crippen LogP contribution >= 0.6 is 0 Å². The number of aliphatic imine (C=N–C) groups is 1. The number of hydrogen-bond donors (Lipinski definition) is 1. The third-order valence-corrected chi connectivity index (χ3v) is 8.09. The molecule has 4 nitrogen and oxygen atoms in total. The van der Waals surface area contributed by atoms with Gasteiger partial charge in [-0.05, 0) is 58.4 Å².